The van der Waals surface area contributed by atoms with Gasteiger partial charge in [-0.3, -0.25) is 9.59 Å². The Morgan fingerprint density at radius 2 is 1.77 bits per heavy atom. The van der Waals surface area contributed by atoms with Crippen LogP contribution in [0.15, 0.2) is 47.3 Å². The molecule has 0 atom stereocenters. The first-order chi connectivity index (χ1) is 10.5. The number of rotatable bonds is 2. The summed E-state index contributed by atoms with van der Waals surface area (Å²) in [5, 5.41) is 11.2. The summed E-state index contributed by atoms with van der Waals surface area (Å²) < 4.78 is 0. The molecule has 0 saturated carbocycles. The number of pyridine rings is 1. The van der Waals surface area contributed by atoms with Gasteiger partial charge >= 0.3 is 0 Å². The summed E-state index contributed by atoms with van der Waals surface area (Å²) >= 11 is 11.7. The van der Waals surface area contributed by atoms with Gasteiger partial charge in [-0.15, -0.1) is 0 Å². The first-order valence-corrected chi connectivity index (χ1v) is 7.08. The minimum atomic E-state index is -0.660. The van der Waals surface area contributed by atoms with Gasteiger partial charge < -0.3 is 10.1 Å². The molecule has 2 N–H and O–H groups in total. The third-order valence-corrected chi connectivity index (χ3v) is 4.04. The molecule has 0 bridgehead atoms. The monoisotopic (exact) mass is 333 g/mol. The van der Waals surface area contributed by atoms with E-state index in [1.54, 1.807) is 24.3 Å². The molecule has 0 unspecified atom stereocenters. The Bertz CT molecular complexity index is 963. The standard InChI is InChI=1S/C16H9Cl2NO3/c17-10-6-5-8(7-11(10)18)14(20)13-15(21)9-3-1-2-4-12(9)19-16(13)22/h1-7H,(H2,19,21,22). The second kappa shape index (κ2) is 5.48. The number of aromatic hydroxyl groups is 1. The van der Waals surface area contributed by atoms with E-state index in [4.69, 9.17) is 23.2 Å². The number of aromatic nitrogens is 1. The zero-order chi connectivity index (χ0) is 15.9. The lowest BCUT2D eigenvalue weighted by Crippen LogP contribution is -2.18. The van der Waals surface area contributed by atoms with Crippen molar-refractivity contribution < 1.29 is 9.90 Å². The summed E-state index contributed by atoms with van der Waals surface area (Å²) in [6.45, 7) is 0. The van der Waals surface area contributed by atoms with Crippen molar-refractivity contribution in [2.75, 3.05) is 0 Å². The number of ketones is 1. The van der Waals surface area contributed by atoms with Crippen molar-refractivity contribution in [3.05, 3.63) is 74.0 Å². The summed E-state index contributed by atoms with van der Waals surface area (Å²) in [7, 11) is 0. The Kier molecular flexibility index (Phi) is 3.64. The maximum atomic E-state index is 12.5. The van der Waals surface area contributed by atoms with Crippen molar-refractivity contribution in [1.29, 1.82) is 0 Å². The first kappa shape index (κ1) is 14.6. The number of fused-ring (bicyclic) bond motifs is 1. The number of carbonyl (C=O) groups excluding carboxylic acids is 1. The molecule has 4 nitrogen and oxygen atoms in total. The van der Waals surface area contributed by atoms with Crippen LogP contribution in [-0.4, -0.2) is 15.9 Å². The van der Waals surface area contributed by atoms with Crippen LogP contribution in [0.2, 0.25) is 10.0 Å². The van der Waals surface area contributed by atoms with Crippen LogP contribution < -0.4 is 5.56 Å². The van der Waals surface area contributed by atoms with Gasteiger partial charge in [-0.05, 0) is 30.3 Å². The summed E-state index contributed by atoms with van der Waals surface area (Å²) in [6.07, 6.45) is 0. The van der Waals surface area contributed by atoms with E-state index in [0.717, 1.165) is 0 Å². The molecule has 0 amide bonds. The fourth-order valence-electron chi connectivity index (χ4n) is 2.22. The van der Waals surface area contributed by atoms with E-state index in [-0.39, 0.29) is 21.9 Å². The highest BCUT2D eigenvalue weighted by Gasteiger charge is 2.21. The molecule has 1 heterocycles. The number of halogens is 2. The average Bonchev–Trinajstić information content (AvgIpc) is 2.50. The van der Waals surface area contributed by atoms with Crippen LogP contribution in [0.5, 0.6) is 5.75 Å². The molecule has 3 rings (SSSR count). The smallest absolute Gasteiger partial charge is 0.263 e. The van der Waals surface area contributed by atoms with Gasteiger partial charge in [-0.2, -0.15) is 0 Å². The summed E-state index contributed by atoms with van der Waals surface area (Å²) in [5.74, 6) is -0.974. The van der Waals surface area contributed by atoms with Crippen molar-refractivity contribution >= 4 is 39.9 Å². The van der Waals surface area contributed by atoms with Crippen LogP contribution >= 0.6 is 23.2 Å². The molecule has 0 fully saturated rings. The number of nitrogens with one attached hydrogen (secondary N) is 1. The van der Waals surface area contributed by atoms with E-state index in [2.05, 4.69) is 4.98 Å². The van der Waals surface area contributed by atoms with Gasteiger partial charge in [0.2, 0.25) is 5.78 Å². The third-order valence-electron chi connectivity index (χ3n) is 3.30. The molecule has 0 saturated heterocycles. The van der Waals surface area contributed by atoms with Gasteiger partial charge in [0.15, 0.2) is 0 Å². The van der Waals surface area contributed by atoms with Crippen LogP contribution in [-0.2, 0) is 0 Å². The number of H-pyrrole nitrogens is 1. The Morgan fingerprint density at radius 3 is 2.50 bits per heavy atom. The highest BCUT2D eigenvalue weighted by atomic mass is 35.5. The van der Waals surface area contributed by atoms with Crippen LogP contribution in [0.1, 0.15) is 15.9 Å². The number of aromatic amines is 1. The Morgan fingerprint density at radius 1 is 1.05 bits per heavy atom. The maximum absolute atomic E-state index is 12.5. The molecule has 0 aliphatic rings. The SMILES string of the molecule is O=C(c1ccc(Cl)c(Cl)c1)c1c(O)c2ccccc2[nH]c1=O. The fraction of sp³-hybridized carbons (Fsp3) is 0. The van der Waals surface area contributed by atoms with Gasteiger partial charge in [0.1, 0.15) is 11.3 Å². The summed E-state index contributed by atoms with van der Waals surface area (Å²) in [4.78, 5) is 27.2. The number of hydrogen-bond donors (Lipinski definition) is 2. The molecule has 0 spiro atoms. The highest BCUT2D eigenvalue weighted by molar-refractivity contribution is 6.42. The molecule has 110 valence electrons. The molecule has 3 aromatic rings. The van der Waals surface area contributed by atoms with Gasteiger partial charge in [-0.25, -0.2) is 0 Å². The average molecular weight is 334 g/mol. The zero-order valence-electron chi connectivity index (χ0n) is 11.1. The van der Waals surface area contributed by atoms with Crippen LogP contribution in [0, 0.1) is 0 Å². The normalized spacial score (nSPS) is 10.8. The number of carbonyl (C=O) groups is 1. The van der Waals surface area contributed by atoms with Gasteiger partial charge in [0.25, 0.3) is 5.56 Å². The molecule has 0 aliphatic heterocycles. The van der Waals surface area contributed by atoms with Gasteiger partial charge in [0.05, 0.1) is 15.6 Å². The lowest BCUT2D eigenvalue weighted by atomic mass is 10.0. The molecule has 22 heavy (non-hydrogen) atoms. The maximum Gasteiger partial charge on any atom is 0.263 e. The molecule has 1 aromatic heterocycles. The molecule has 2 aromatic carbocycles. The van der Waals surface area contributed by atoms with Gasteiger partial charge in [-0.1, -0.05) is 35.3 Å². The minimum Gasteiger partial charge on any atom is -0.506 e. The van der Waals surface area contributed by atoms with Crippen molar-refractivity contribution in [3.63, 3.8) is 0 Å². The Hall–Kier alpha value is -2.30. The summed E-state index contributed by atoms with van der Waals surface area (Å²) in [5.41, 5.74) is -0.356. The largest absolute Gasteiger partial charge is 0.506 e. The lowest BCUT2D eigenvalue weighted by Gasteiger charge is -2.07. The predicted molar refractivity (Wildman–Crippen MR) is 86.1 cm³/mol. The van der Waals surface area contributed by atoms with E-state index >= 15 is 0 Å². The molecular formula is C16H9Cl2NO3. The first-order valence-electron chi connectivity index (χ1n) is 6.33. The Labute approximate surface area is 134 Å². The molecule has 6 heteroatoms. The van der Waals surface area contributed by atoms with Gasteiger partial charge in [0, 0.05) is 10.9 Å². The van der Waals surface area contributed by atoms with Crippen LogP contribution in [0.4, 0.5) is 0 Å². The minimum absolute atomic E-state index is 0.172. The van der Waals surface area contributed by atoms with E-state index in [1.165, 1.54) is 18.2 Å². The van der Waals surface area contributed by atoms with Crippen molar-refractivity contribution in [1.82, 2.24) is 4.98 Å². The second-order valence-corrected chi connectivity index (χ2v) is 5.50. The van der Waals surface area contributed by atoms with Crippen LogP contribution in [0.25, 0.3) is 10.9 Å². The number of para-hydroxylation sites is 1. The van der Waals surface area contributed by atoms with Crippen molar-refractivity contribution in [2.45, 2.75) is 0 Å². The molecule has 0 radical (unpaired) electrons. The van der Waals surface area contributed by atoms with E-state index in [1.807, 2.05) is 0 Å². The zero-order valence-corrected chi connectivity index (χ0v) is 12.6. The topological polar surface area (TPSA) is 70.2 Å². The second-order valence-electron chi connectivity index (χ2n) is 4.68. The quantitative estimate of drug-likeness (QED) is 0.701. The predicted octanol–water partition coefficient (Wildman–Crippen LogP) is 3.77. The highest BCUT2D eigenvalue weighted by Crippen LogP contribution is 2.28. The van der Waals surface area contributed by atoms with Crippen molar-refractivity contribution in [3.8, 4) is 5.75 Å². The van der Waals surface area contributed by atoms with Crippen molar-refractivity contribution in [2.24, 2.45) is 0 Å². The molecule has 0 aliphatic carbocycles. The van der Waals surface area contributed by atoms with Crippen LogP contribution in [0.3, 0.4) is 0 Å². The summed E-state index contributed by atoms with van der Waals surface area (Å²) in [6, 6.07) is 11.0. The fourth-order valence-corrected chi connectivity index (χ4v) is 2.52. The van der Waals surface area contributed by atoms with E-state index in [0.29, 0.717) is 15.9 Å². The third kappa shape index (κ3) is 2.36. The Balaban J connectivity index is 2.23. The lowest BCUT2D eigenvalue weighted by molar-refractivity contribution is 0.103. The number of benzene rings is 2. The van der Waals surface area contributed by atoms with E-state index < -0.39 is 11.3 Å². The number of hydrogen-bond acceptors (Lipinski definition) is 3. The molecular weight excluding hydrogens is 325 g/mol. The van der Waals surface area contributed by atoms with E-state index in [9.17, 15) is 14.7 Å².